The predicted octanol–water partition coefficient (Wildman–Crippen LogP) is 2.13. The second kappa shape index (κ2) is 7.33. The van der Waals surface area contributed by atoms with Crippen LogP contribution in [0.15, 0.2) is 24.4 Å². The lowest BCUT2D eigenvalue weighted by Crippen LogP contribution is -2.42. The Kier molecular flexibility index (Phi) is 5.15. The standard InChI is InChI=1S/C18H23FN4O2/c1-12-4-5-13(8-15(12)19)18(24)23-6-7-25-16(11-23)17-20-9-14(21-17)10-22(2)3/h4-5,8-9,16H,6-7,10-11H2,1-3H3,(H,20,21). The van der Waals surface area contributed by atoms with Crippen molar-refractivity contribution >= 4 is 5.91 Å². The third-order valence-electron chi connectivity index (χ3n) is 4.21. The molecule has 0 bridgehead atoms. The smallest absolute Gasteiger partial charge is 0.254 e. The van der Waals surface area contributed by atoms with Crippen molar-refractivity contribution in [3.05, 3.63) is 52.9 Å². The largest absolute Gasteiger partial charge is 0.367 e. The molecular formula is C18H23FN4O2. The zero-order valence-corrected chi connectivity index (χ0v) is 14.8. The minimum atomic E-state index is -0.366. The monoisotopic (exact) mass is 346 g/mol. The van der Waals surface area contributed by atoms with Crippen LogP contribution in [0.4, 0.5) is 4.39 Å². The normalized spacial score (nSPS) is 18.0. The number of carbonyl (C=O) groups is 1. The Morgan fingerprint density at radius 1 is 1.48 bits per heavy atom. The van der Waals surface area contributed by atoms with E-state index in [0.717, 1.165) is 12.2 Å². The van der Waals surface area contributed by atoms with Gasteiger partial charge in [-0.25, -0.2) is 9.37 Å². The van der Waals surface area contributed by atoms with Gasteiger partial charge in [0, 0.05) is 30.5 Å². The van der Waals surface area contributed by atoms with Crippen molar-refractivity contribution in [1.82, 2.24) is 19.8 Å². The second-order valence-electron chi connectivity index (χ2n) is 6.61. The van der Waals surface area contributed by atoms with Crippen LogP contribution in [0.25, 0.3) is 0 Å². The number of H-pyrrole nitrogens is 1. The molecule has 0 saturated carbocycles. The number of aromatic amines is 1. The molecule has 1 unspecified atom stereocenters. The van der Waals surface area contributed by atoms with Crippen molar-refractivity contribution in [3.63, 3.8) is 0 Å². The lowest BCUT2D eigenvalue weighted by Gasteiger charge is -2.32. The number of nitrogens with one attached hydrogen (secondary N) is 1. The third-order valence-corrected chi connectivity index (χ3v) is 4.21. The summed E-state index contributed by atoms with van der Waals surface area (Å²) in [6, 6.07) is 4.58. The van der Waals surface area contributed by atoms with E-state index in [1.807, 2.05) is 19.0 Å². The average molecular weight is 346 g/mol. The van der Waals surface area contributed by atoms with Crippen LogP contribution in [0, 0.1) is 12.7 Å². The minimum Gasteiger partial charge on any atom is -0.367 e. The van der Waals surface area contributed by atoms with Gasteiger partial charge in [-0.1, -0.05) is 6.07 Å². The van der Waals surface area contributed by atoms with Crippen LogP contribution in [0.2, 0.25) is 0 Å². The van der Waals surface area contributed by atoms with Crippen LogP contribution < -0.4 is 0 Å². The summed E-state index contributed by atoms with van der Waals surface area (Å²) >= 11 is 0. The average Bonchev–Trinajstić information content (AvgIpc) is 3.04. The molecule has 1 amide bonds. The molecule has 1 aliphatic heterocycles. The molecule has 1 aliphatic rings. The molecular weight excluding hydrogens is 323 g/mol. The zero-order valence-electron chi connectivity index (χ0n) is 14.8. The fourth-order valence-electron chi connectivity index (χ4n) is 2.87. The highest BCUT2D eigenvalue weighted by Crippen LogP contribution is 2.22. The van der Waals surface area contributed by atoms with Gasteiger partial charge in [0.05, 0.1) is 13.2 Å². The molecule has 1 aromatic carbocycles. The summed E-state index contributed by atoms with van der Waals surface area (Å²) in [4.78, 5) is 24.0. The van der Waals surface area contributed by atoms with E-state index in [-0.39, 0.29) is 17.8 Å². The first-order valence-corrected chi connectivity index (χ1v) is 8.29. The minimum absolute atomic E-state index is 0.188. The number of benzene rings is 1. The van der Waals surface area contributed by atoms with Crippen molar-refractivity contribution in [3.8, 4) is 0 Å². The van der Waals surface area contributed by atoms with E-state index in [0.29, 0.717) is 36.6 Å². The van der Waals surface area contributed by atoms with Gasteiger partial charge in [0.15, 0.2) is 0 Å². The van der Waals surface area contributed by atoms with E-state index in [9.17, 15) is 9.18 Å². The van der Waals surface area contributed by atoms with Gasteiger partial charge < -0.3 is 19.5 Å². The molecule has 25 heavy (non-hydrogen) atoms. The molecule has 134 valence electrons. The number of halogens is 1. The van der Waals surface area contributed by atoms with E-state index in [1.54, 1.807) is 30.2 Å². The molecule has 1 saturated heterocycles. The Morgan fingerprint density at radius 3 is 3.00 bits per heavy atom. The summed E-state index contributed by atoms with van der Waals surface area (Å²) in [5.74, 6) is 0.159. The molecule has 1 fully saturated rings. The summed E-state index contributed by atoms with van der Waals surface area (Å²) in [6.45, 7) is 3.73. The molecule has 0 radical (unpaired) electrons. The van der Waals surface area contributed by atoms with Gasteiger partial charge in [0.1, 0.15) is 17.7 Å². The maximum Gasteiger partial charge on any atom is 0.254 e. The second-order valence-corrected chi connectivity index (χ2v) is 6.61. The van der Waals surface area contributed by atoms with Crippen molar-refractivity contribution in [2.45, 2.75) is 19.6 Å². The van der Waals surface area contributed by atoms with E-state index in [2.05, 4.69) is 9.97 Å². The molecule has 2 heterocycles. The number of hydrogen-bond donors (Lipinski definition) is 1. The van der Waals surface area contributed by atoms with E-state index in [1.165, 1.54) is 6.07 Å². The summed E-state index contributed by atoms with van der Waals surface area (Å²) in [6.07, 6.45) is 1.48. The summed E-state index contributed by atoms with van der Waals surface area (Å²) in [5.41, 5.74) is 1.88. The molecule has 0 aliphatic carbocycles. The van der Waals surface area contributed by atoms with Crippen molar-refractivity contribution in [1.29, 1.82) is 0 Å². The van der Waals surface area contributed by atoms with E-state index in [4.69, 9.17) is 4.74 Å². The van der Waals surface area contributed by atoms with Gasteiger partial charge >= 0.3 is 0 Å². The number of amides is 1. The first-order chi connectivity index (χ1) is 11.9. The Morgan fingerprint density at radius 2 is 2.28 bits per heavy atom. The van der Waals surface area contributed by atoms with Crippen molar-refractivity contribution in [2.24, 2.45) is 0 Å². The molecule has 7 heteroatoms. The zero-order chi connectivity index (χ0) is 18.0. The molecule has 2 aromatic rings. The maximum absolute atomic E-state index is 13.7. The molecule has 1 aromatic heterocycles. The predicted molar refractivity (Wildman–Crippen MR) is 91.7 cm³/mol. The van der Waals surface area contributed by atoms with Gasteiger partial charge in [-0.3, -0.25) is 4.79 Å². The maximum atomic E-state index is 13.7. The Bertz CT molecular complexity index is 759. The Labute approximate surface area is 146 Å². The Balaban J connectivity index is 1.71. The molecule has 1 N–H and O–H groups in total. The highest BCUT2D eigenvalue weighted by molar-refractivity contribution is 5.94. The Hall–Kier alpha value is -2.25. The number of nitrogens with zero attached hydrogens (tertiary/aromatic N) is 3. The number of carbonyl (C=O) groups excluding carboxylic acids is 1. The van der Waals surface area contributed by atoms with Crippen LogP contribution in [0.5, 0.6) is 0 Å². The van der Waals surface area contributed by atoms with E-state index < -0.39 is 0 Å². The third kappa shape index (κ3) is 4.05. The fourth-order valence-corrected chi connectivity index (χ4v) is 2.87. The first kappa shape index (κ1) is 17.6. The lowest BCUT2D eigenvalue weighted by molar-refractivity contribution is -0.0265. The highest BCUT2D eigenvalue weighted by Gasteiger charge is 2.28. The highest BCUT2D eigenvalue weighted by atomic mass is 19.1. The van der Waals surface area contributed by atoms with Crippen LogP contribution in [0.1, 0.15) is 33.5 Å². The van der Waals surface area contributed by atoms with Crippen LogP contribution in [-0.4, -0.2) is 59.5 Å². The lowest BCUT2D eigenvalue weighted by atomic mass is 10.1. The quantitative estimate of drug-likeness (QED) is 0.921. The van der Waals surface area contributed by atoms with E-state index >= 15 is 0 Å². The number of ether oxygens (including phenoxy) is 1. The van der Waals surface area contributed by atoms with Gasteiger partial charge in [-0.05, 0) is 38.7 Å². The van der Waals surface area contributed by atoms with Crippen LogP contribution in [-0.2, 0) is 11.3 Å². The van der Waals surface area contributed by atoms with Gasteiger partial charge in [-0.15, -0.1) is 0 Å². The number of aromatic nitrogens is 2. The molecule has 0 spiro atoms. The SMILES string of the molecule is Cc1ccc(C(=O)N2CCOC(c3ncc(CN(C)C)[nH]3)C2)cc1F. The summed E-state index contributed by atoms with van der Waals surface area (Å²) in [5, 5.41) is 0. The molecule has 1 atom stereocenters. The number of aryl methyl sites for hydroxylation is 1. The number of hydrogen-bond acceptors (Lipinski definition) is 4. The van der Waals surface area contributed by atoms with Crippen molar-refractivity contribution < 1.29 is 13.9 Å². The molecule has 3 rings (SSSR count). The van der Waals surface area contributed by atoms with Crippen LogP contribution >= 0.6 is 0 Å². The fraction of sp³-hybridized carbons (Fsp3) is 0.444. The topological polar surface area (TPSA) is 61.5 Å². The van der Waals surface area contributed by atoms with Crippen molar-refractivity contribution in [2.75, 3.05) is 33.8 Å². The summed E-state index contributed by atoms with van der Waals surface area (Å²) in [7, 11) is 3.97. The number of morpholine rings is 1. The molecule has 6 nitrogen and oxygen atoms in total. The first-order valence-electron chi connectivity index (χ1n) is 8.29. The summed E-state index contributed by atoms with van der Waals surface area (Å²) < 4.78 is 19.5. The van der Waals surface area contributed by atoms with Gasteiger partial charge in [0.2, 0.25) is 0 Å². The number of rotatable bonds is 4. The van der Waals surface area contributed by atoms with Gasteiger partial charge in [0.25, 0.3) is 5.91 Å². The van der Waals surface area contributed by atoms with Gasteiger partial charge in [-0.2, -0.15) is 0 Å². The van der Waals surface area contributed by atoms with Crippen LogP contribution in [0.3, 0.4) is 0 Å². The number of imidazole rings is 1.